The van der Waals surface area contributed by atoms with Crippen LogP contribution in [0, 0.1) is 20.2 Å². The molecule has 0 spiro atoms. The summed E-state index contributed by atoms with van der Waals surface area (Å²) >= 11 is 0. The fourth-order valence-corrected chi connectivity index (χ4v) is 2.36. The molecule has 12 heteroatoms. The number of hydrogen-bond donors (Lipinski definition) is 1. The number of non-ortho nitro benzene ring substituents is 2. The van der Waals surface area contributed by atoms with E-state index in [1.807, 2.05) is 0 Å². The molecule has 0 aliphatic carbocycles. The molecule has 0 unspecified atom stereocenters. The first-order chi connectivity index (χ1) is 10.8. The molecular formula is C12H9CaN2O8P+2. The molecular weight excluding hydrogens is 371 g/mol. The van der Waals surface area contributed by atoms with Gasteiger partial charge in [0.15, 0.2) is 0 Å². The Morgan fingerprint density at radius 1 is 0.792 bits per heavy atom. The summed E-state index contributed by atoms with van der Waals surface area (Å²) in [6.45, 7) is 0. The van der Waals surface area contributed by atoms with Crippen LogP contribution in [0.3, 0.4) is 0 Å². The quantitative estimate of drug-likeness (QED) is 0.349. The first-order valence-corrected chi connectivity index (χ1v) is 7.47. The number of benzene rings is 2. The molecule has 0 bridgehead atoms. The summed E-state index contributed by atoms with van der Waals surface area (Å²) in [6, 6.07) is 8.95. The Hall–Kier alpha value is -1.71. The fourth-order valence-electron chi connectivity index (χ4n) is 1.54. The molecule has 0 saturated carbocycles. The SMILES string of the molecule is O=[N+]([O-])c1ccc(OP(=O)(O)Oc2ccc([N+](=O)[O-])cc2)cc1.[Ca+2]. The third kappa shape index (κ3) is 5.73. The van der Waals surface area contributed by atoms with Crippen molar-refractivity contribution in [2.45, 2.75) is 0 Å². The van der Waals surface area contributed by atoms with Gasteiger partial charge in [0, 0.05) is 24.3 Å². The van der Waals surface area contributed by atoms with Crippen molar-refractivity contribution in [1.82, 2.24) is 0 Å². The van der Waals surface area contributed by atoms with E-state index >= 15 is 0 Å². The zero-order chi connectivity index (χ0) is 17.0. The molecule has 0 fully saturated rings. The maximum absolute atomic E-state index is 11.8. The summed E-state index contributed by atoms with van der Waals surface area (Å²) in [5, 5.41) is 21.0. The normalized spacial score (nSPS) is 10.4. The van der Waals surface area contributed by atoms with Gasteiger partial charge in [-0.25, -0.2) is 4.57 Å². The van der Waals surface area contributed by atoms with Gasteiger partial charge in [0.2, 0.25) is 0 Å². The molecule has 24 heavy (non-hydrogen) atoms. The van der Waals surface area contributed by atoms with Gasteiger partial charge in [-0.2, -0.15) is 0 Å². The van der Waals surface area contributed by atoms with Crippen LogP contribution in [0.4, 0.5) is 11.4 Å². The Morgan fingerprint density at radius 3 is 1.33 bits per heavy atom. The van der Waals surface area contributed by atoms with Crippen LogP contribution in [0.5, 0.6) is 11.5 Å². The largest absolute Gasteiger partial charge is 2.00 e. The van der Waals surface area contributed by atoms with Crippen LogP contribution in [0.25, 0.3) is 0 Å². The molecule has 0 aliphatic heterocycles. The van der Waals surface area contributed by atoms with Crippen molar-refractivity contribution in [3.63, 3.8) is 0 Å². The minimum Gasteiger partial charge on any atom is -0.395 e. The maximum atomic E-state index is 11.8. The van der Waals surface area contributed by atoms with Crippen molar-refractivity contribution in [3.8, 4) is 11.5 Å². The molecule has 0 radical (unpaired) electrons. The van der Waals surface area contributed by atoms with Crippen molar-refractivity contribution in [2.75, 3.05) is 0 Å². The molecule has 0 atom stereocenters. The fraction of sp³-hybridized carbons (Fsp3) is 0. The molecule has 0 heterocycles. The molecule has 2 rings (SSSR count). The molecule has 0 aromatic heterocycles. The van der Waals surface area contributed by atoms with Gasteiger partial charge < -0.3 is 9.05 Å². The molecule has 0 amide bonds. The Kier molecular flexibility index (Phi) is 7.12. The average Bonchev–Trinajstić information content (AvgIpc) is 2.47. The molecule has 1 N–H and O–H groups in total. The Balaban J connectivity index is 0.00000288. The van der Waals surface area contributed by atoms with Crippen LogP contribution in [-0.2, 0) is 4.57 Å². The van der Waals surface area contributed by atoms with Gasteiger partial charge in [0.05, 0.1) is 9.85 Å². The maximum Gasteiger partial charge on any atom is 2.00 e. The monoisotopic (exact) mass is 380 g/mol. The van der Waals surface area contributed by atoms with Crippen molar-refractivity contribution in [1.29, 1.82) is 0 Å². The number of phosphoric acid groups is 1. The van der Waals surface area contributed by atoms with E-state index in [1.54, 1.807) is 0 Å². The Morgan fingerprint density at radius 2 is 1.08 bits per heavy atom. The first-order valence-electron chi connectivity index (χ1n) is 5.98. The van der Waals surface area contributed by atoms with Crippen LogP contribution in [0.2, 0.25) is 0 Å². The van der Waals surface area contributed by atoms with E-state index in [0.717, 1.165) is 48.5 Å². The minimum atomic E-state index is -4.55. The zero-order valence-electron chi connectivity index (χ0n) is 12.0. The zero-order valence-corrected chi connectivity index (χ0v) is 15.1. The second-order valence-corrected chi connectivity index (χ2v) is 5.46. The Bertz CT molecular complexity index is 717. The van der Waals surface area contributed by atoms with E-state index in [9.17, 15) is 29.7 Å². The number of phosphoric ester groups is 1. The molecule has 10 nitrogen and oxygen atoms in total. The van der Waals surface area contributed by atoms with Gasteiger partial charge in [-0.3, -0.25) is 25.1 Å². The minimum absolute atomic E-state index is 0. The van der Waals surface area contributed by atoms with Crippen molar-refractivity contribution >= 4 is 56.9 Å². The van der Waals surface area contributed by atoms with E-state index in [4.69, 9.17) is 9.05 Å². The molecule has 2 aromatic carbocycles. The van der Waals surface area contributed by atoms with Crippen molar-refractivity contribution in [2.24, 2.45) is 0 Å². The van der Waals surface area contributed by atoms with E-state index in [0.29, 0.717) is 0 Å². The molecule has 120 valence electrons. The van der Waals surface area contributed by atoms with Crippen LogP contribution in [-0.4, -0.2) is 52.5 Å². The van der Waals surface area contributed by atoms with Gasteiger partial charge in [-0.1, -0.05) is 0 Å². The third-order valence-corrected chi connectivity index (χ3v) is 3.42. The number of nitro benzene ring substituents is 2. The number of nitrogens with zero attached hydrogens (tertiary/aromatic N) is 2. The van der Waals surface area contributed by atoms with E-state index in [-0.39, 0.29) is 60.6 Å². The van der Waals surface area contributed by atoms with Crippen molar-refractivity contribution < 1.29 is 28.4 Å². The molecule has 0 saturated heterocycles. The van der Waals surface area contributed by atoms with Crippen LogP contribution in [0.15, 0.2) is 48.5 Å². The van der Waals surface area contributed by atoms with Crippen LogP contribution < -0.4 is 9.05 Å². The summed E-state index contributed by atoms with van der Waals surface area (Å²) in [7, 11) is -4.55. The number of hydrogen-bond acceptors (Lipinski definition) is 7. The predicted molar refractivity (Wildman–Crippen MR) is 83.0 cm³/mol. The van der Waals surface area contributed by atoms with E-state index in [2.05, 4.69) is 0 Å². The van der Waals surface area contributed by atoms with Crippen molar-refractivity contribution in [3.05, 3.63) is 68.8 Å². The Labute approximate surface area is 164 Å². The predicted octanol–water partition coefficient (Wildman–Crippen LogP) is 2.68. The van der Waals surface area contributed by atoms with E-state index in [1.165, 1.54) is 0 Å². The molecule has 2 aromatic rings. The van der Waals surface area contributed by atoms with Gasteiger partial charge in [-0.15, -0.1) is 0 Å². The van der Waals surface area contributed by atoms with Crippen LogP contribution >= 0.6 is 7.82 Å². The summed E-state index contributed by atoms with van der Waals surface area (Å²) in [5.41, 5.74) is -0.414. The van der Waals surface area contributed by atoms with Gasteiger partial charge in [-0.05, 0) is 24.3 Å². The van der Waals surface area contributed by atoms with Crippen LogP contribution in [0.1, 0.15) is 0 Å². The summed E-state index contributed by atoms with van der Waals surface area (Å²) in [4.78, 5) is 29.4. The van der Waals surface area contributed by atoms with Gasteiger partial charge in [0.1, 0.15) is 11.5 Å². The summed E-state index contributed by atoms with van der Waals surface area (Å²) < 4.78 is 21.3. The second kappa shape index (κ2) is 8.41. The number of rotatable bonds is 6. The van der Waals surface area contributed by atoms with Gasteiger partial charge in [0.25, 0.3) is 11.4 Å². The summed E-state index contributed by atoms with van der Waals surface area (Å²) in [5.74, 6) is -0.216. The summed E-state index contributed by atoms with van der Waals surface area (Å²) in [6.07, 6.45) is 0. The first kappa shape index (κ1) is 20.3. The van der Waals surface area contributed by atoms with Gasteiger partial charge >= 0.3 is 45.6 Å². The third-order valence-electron chi connectivity index (χ3n) is 2.54. The second-order valence-electron chi connectivity index (χ2n) is 4.15. The average molecular weight is 380 g/mol. The number of nitro groups is 2. The topological polar surface area (TPSA) is 142 Å². The standard InChI is InChI=1S/C12H9N2O8P.Ca/c15-13(16)9-1-5-11(6-2-9)21-23(19,20)22-12-7-3-10(4-8-12)14(17)18;/h1-8H,(H,19,20);/q;+2. The smallest absolute Gasteiger partial charge is 0.395 e. The van der Waals surface area contributed by atoms with E-state index < -0.39 is 17.7 Å². The molecule has 0 aliphatic rings.